The lowest BCUT2D eigenvalue weighted by molar-refractivity contribution is 0.791. The van der Waals surface area contributed by atoms with Gasteiger partial charge in [0.2, 0.25) is 0 Å². The van der Waals surface area contributed by atoms with Crippen molar-refractivity contribution < 1.29 is 0 Å². The van der Waals surface area contributed by atoms with Crippen LogP contribution in [0.15, 0.2) is 16.0 Å². The van der Waals surface area contributed by atoms with Crippen LogP contribution < -0.4 is 5.73 Å². The van der Waals surface area contributed by atoms with E-state index in [4.69, 9.17) is 5.73 Å². The van der Waals surface area contributed by atoms with Crippen molar-refractivity contribution in [2.45, 2.75) is 20.4 Å². The van der Waals surface area contributed by atoms with Crippen molar-refractivity contribution >= 4 is 32.2 Å². The Balaban J connectivity index is 2.30. The van der Waals surface area contributed by atoms with Gasteiger partial charge in [0.25, 0.3) is 0 Å². The molecule has 5 nitrogen and oxygen atoms in total. The van der Waals surface area contributed by atoms with Crippen LogP contribution in [0.3, 0.4) is 0 Å². The molecule has 0 aliphatic rings. The molecular formula is C11H12BrN5S. The maximum absolute atomic E-state index is 5.84. The topological polar surface area (TPSA) is 61.1 Å². The summed E-state index contributed by atoms with van der Waals surface area (Å²) in [7, 11) is 0. The first-order valence-electron chi connectivity index (χ1n) is 5.50. The zero-order valence-corrected chi connectivity index (χ0v) is 12.4. The lowest BCUT2D eigenvalue weighted by Crippen LogP contribution is -2.08. The minimum Gasteiger partial charge on any atom is -0.325 e. The van der Waals surface area contributed by atoms with Crippen LogP contribution >= 0.6 is 27.3 Å². The van der Waals surface area contributed by atoms with Crippen molar-refractivity contribution in [3.05, 3.63) is 33.1 Å². The highest BCUT2D eigenvalue weighted by atomic mass is 79.9. The van der Waals surface area contributed by atoms with Crippen LogP contribution in [0.2, 0.25) is 0 Å². The first kappa shape index (κ1) is 11.9. The monoisotopic (exact) mass is 325 g/mol. The number of rotatable bonds is 2. The fourth-order valence-corrected chi connectivity index (χ4v) is 2.99. The van der Waals surface area contributed by atoms with Gasteiger partial charge in [-0.3, -0.25) is 4.40 Å². The third-order valence-electron chi connectivity index (χ3n) is 2.94. The van der Waals surface area contributed by atoms with E-state index in [-0.39, 0.29) is 0 Å². The van der Waals surface area contributed by atoms with Crippen molar-refractivity contribution in [2.75, 3.05) is 0 Å². The second kappa shape index (κ2) is 4.18. The highest BCUT2D eigenvalue weighted by molar-refractivity contribution is 9.10. The van der Waals surface area contributed by atoms with E-state index in [1.165, 1.54) is 0 Å². The van der Waals surface area contributed by atoms with Gasteiger partial charge in [-0.25, -0.2) is 4.68 Å². The Morgan fingerprint density at radius 1 is 1.44 bits per heavy atom. The molecule has 3 rings (SSSR count). The zero-order chi connectivity index (χ0) is 12.9. The standard InChI is InChI=1S/C11H12BrN5S/c1-6-9(12)7(2)17(15-6)10-8(5-13)16-3-4-18-11(16)14-10/h3-4H,5,13H2,1-2H3. The van der Waals surface area contributed by atoms with Gasteiger partial charge >= 0.3 is 0 Å². The van der Waals surface area contributed by atoms with Crippen LogP contribution in [0.25, 0.3) is 10.8 Å². The molecular weight excluding hydrogens is 314 g/mol. The van der Waals surface area contributed by atoms with Crippen molar-refractivity contribution in [2.24, 2.45) is 5.73 Å². The number of fused-ring (bicyclic) bond motifs is 1. The Labute approximate surface area is 116 Å². The molecule has 0 radical (unpaired) electrons. The Morgan fingerprint density at radius 3 is 2.83 bits per heavy atom. The van der Waals surface area contributed by atoms with Gasteiger partial charge in [0.05, 0.1) is 21.6 Å². The van der Waals surface area contributed by atoms with Gasteiger partial charge in [-0.05, 0) is 29.8 Å². The summed E-state index contributed by atoms with van der Waals surface area (Å²) in [4.78, 5) is 5.55. The SMILES string of the molecule is Cc1nn(-c2nc3sccn3c2CN)c(C)c1Br. The van der Waals surface area contributed by atoms with E-state index in [1.54, 1.807) is 11.3 Å². The van der Waals surface area contributed by atoms with Crippen LogP contribution in [0.1, 0.15) is 17.1 Å². The Morgan fingerprint density at radius 2 is 2.22 bits per heavy atom. The summed E-state index contributed by atoms with van der Waals surface area (Å²) in [6, 6.07) is 0. The molecule has 3 aromatic heterocycles. The molecule has 0 aliphatic heterocycles. The fraction of sp³-hybridized carbons (Fsp3) is 0.273. The summed E-state index contributed by atoms with van der Waals surface area (Å²) in [5.74, 6) is 0.815. The van der Waals surface area contributed by atoms with Gasteiger partial charge in [0.1, 0.15) is 0 Å². The van der Waals surface area contributed by atoms with E-state index < -0.39 is 0 Å². The van der Waals surface area contributed by atoms with Crippen molar-refractivity contribution in [3.63, 3.8) is 0 Å². The molecule has 18 heavy (non-hydrogen) atoms. The van der Waals surface area contributed by atoms with Crippen LogP contribution in [0.5, 0.6) is 0 Å². The van der Waals surface area contributed by atoms with Crippen molar-refractivity contribution in [3.8, 4) is 5.82 Å². The van der Waals surface area contributed by atoms with Gasteiger partial charge in [-0.1, -0.05) is 0 Å². The van der Waals surface area contributed by atoms with E-state index in [2.05, 4.69) is 26.0 Å². The molecule has 0 spiro atoms. The second-order valence-electron chi connectivity index (χ2n) is 4.04. The third kappa shape index (κ3) is 1.54. The third-order valence-corrected chi connectivity index (χ3v) is 4.84. The predicted molar refractivity (Wildman–Crippen MR) is 75.3 cm³/mol. The summed E-state index contributed by atoms with van der Waals surface area (Å²) < 4.78 is 4.88. The smallest absolute Gasteiger partial charge is 0.196 e. The van der Waals surface area contributed by atoms with Crippen LogP contribution in [0.4, 0.5) is 0 Å². The van der Waals surface area contributed by atoms with Crippen LogP contribution in [0, 0.1) is 13.8 Å². The Hall–Kier alpha value is -1.18. The summed E-state index contributed by atoms with van der Waals surface area (Å²) in [5, 5.41) is 6.51. The molecule has 7 heteroatoms. The van der Waals surface area contributed by atoms with Crippen LogP contribution in [-0.2, 0) is 6.54 Å². The fourth-order valence-electron chi connectivity index (χ4n) is 2.01. The molecule has 0 atom stereocenters. The van der Waals surface area contributed by atoms with Gasteiger partial charge in [-0.15, -0.1) is 11.3 Å². The zero-order valence-electron chi connectivity index (χ0n) is 10.0. The summed E-state index contributed by atoms with van der Waals surface area (Å²) in [6.07, 6.45) is 1.99. The predicted octanol–water partition coefficient (Wildman–Crippen LogP) is 2.42. The average Bonchev–Trinajstić information content (AvgIpc) is 2.98. The number of thiazole rings is 1. The van der Waals surface area contributed by atoms with E-state index in [1.807, 2.05) is 34.5 Å². The van der Waals surface area contributed by atoms with Crippen molar-refractivity contribution in [1.29, 1.82) is 0 Å². The molecule has 0 aliphatic carbocycles. The molecule has 0 unspecified atom stereocenters. The molecule has 2 N–H and O–H groups in total. The Kier molecular flexibility index (Phi) is 2.76. The number of nitrogens with zero attached hydrogens (tertiary/aromatic N) is 4. The number of nitrogens with two attached hydrogens (primary N) is 1. The lowest BCUT2D eigenvalue weighted by Gasteiger charge is -2.03. The molecule has 0 fully saturated rings. The maximum Gasteiger partial charge on any atom is 0.196 e. The number of aryl methyl sites for hydroxylation is 1. The number of hydrogen-bond acceptors (Lipinski definition) is 4. The Bertz CT molecular complexity index is 723. The first-order chi connectivity index (χ1) is 8.63. The van der Waals surface area contributed by atoms with Gasteiger partial charge < -0.3 is 5.73 Å². The number of aromatic nitrogens is 4. The van der Waals surface area contributed by atoms with E-state index >= 15 is 0 Å². The molecule has 3 heterocycles. The molecule has 0 amide bonds. The van der Waals surface area contributed by atoms with Crippen molar-refractivity contribution in [1.82, 2.24) is 19.2 Å². The maximum atomic E-state index is 5.84. The second-order valence-corrected chi connectivity index (χ2v) is 5.70. The largest absolute Gasteiger partial charge is 0.325 e. The lowest BCUT2D eigenvalue weighted by atomic mass is 10.4. The van der Waals surface area contributed by atoms with Gasteiger partial charge in [0, 0.05) is 18.1 Å². The number of halogens is 1. The number of hydrogen-bond donors (Lipinski definition) is 1. The molecule has 94 valence electrons. The summed E-state index contributed by atoms with van der Waals surface area (Å²) in [6.45, 7) is 4.41. The first-order valence-corrected chi connectivity index (χ1v) is 7.17. The molecule has 0 aromatic carbocycles. The minimum atomic E-state index is 0.434. The normalized spacial score (nSPS) is 11.6. The van der Waals surface area contributed by atoms with E-state index in [0.29, 0.717) is 6.54 Å². The van der Waals surface area contributed by atoms with E-state index in [0.717, 1.165) is 32.3 Å². The van der Waals surface area contributed by atoms with E-state index in [9.17, 15) is 0 Å². The summed E-state index contributed by atoms with van der Waals surface area (Å²) in [5.41, 5.74) is 8.81. The molecule has 0 saturated carbocycles. The average molecular weight is 326 g/mol. The molecule has 0 saturated heterocycles. The minimum absolute atomic E-state index is 0.434. The van der Waals surface area contributed by atoms with Gasteiger partial charge in [-0.2, -0.15) is 10.1 Å². The number of imidazole rings is 1. The molecule has 0 bridgehead atoms. The highest BCUT2D eigenvalue weighted by Crippen LogP contribution is 2.26. The highest BCUT2D eigenvalue weighted by Gasteiger charge is 2.18. The molecule has 3 aromatic rings. The van der Waals surface area contributed by atoms with Crippen LogP contribution in [-0.4, -0.2) is 19.2 Å². The van der Waals surface area contributed by atoms with Gasteiger partial charge in [0.15, 0.2) is 10.8 Å². The summed E-state index contributed by atoms with van der Waals surface area (Å²) >= 11 is 5.12. The quantitative estimate of drug-likeness (QED) is 0.787.